The summed E-state index contributed by atoms with van der Waals surface area (Å²) >= 11 is 1.13. The van der Waals surface area contributed by atoms with Gasteiger partial charge >= 0.3 is 108 Å². The summed E-state index contributed by atoms with van der Waals surface area (Å²) in [7, 11) is 0. The second-order valence-corrected chi connectivity index (χ2v) is 13.9. The topological polar surface area (TPSA) is 0 Å². The number of rotatable bonds is 2. The van der Waals surface area contributed by atoms with Crippen molar-refractivity contribution in [1.82, 2.24) is 0 Å². The van der Waals surface area contributed by atoms with E-state index in [-0.39, 0.29) is 47.3 Å². The van der Waals surface area contributed by atoms with E-state index in [1.165, 1.54) is 68.1 Å². The molecule has 0 atom stereocenters. The Balaban J connectivity index is 0.000000183. The van der Waals surface area contributed by atoms with E-state index < -0.39 is 0 Å². The third kappa shape index (κ3) is 7.39. The van der Waals surface area contributed by atoms with Gasteiger partial charge in [0, 0.05) is 10.8 Å². The minimum absolute atomic E-state index is 0. The van der Waals surface area contributed by atoms with Crippen LogP contribution in [0.5, 0.6) is 0 Å². The molecule has 0 heterocycles. The van der Waals surface area contributed by atoms with Crippen LogP contribution in [-0.2, 0) is 35.1 Å². The number of benzene rings is 4. The second kappa shape index (κ2) is 14.3. The summed E-state index contributed by atoms with van der Waals surface area (Å²) in [6.45, 7) is 9.19. The first-order valence-electron chi connectivity index (χ1n) is 14.9. The average molecular weight is 727 g/mol. The van der Waals surface area contributed by atoms with E-state index in [0.717, 1.165) is 45.0 Å². The van der Waals surface area contributed by atoms with E-state index in [1.54, 1.807) is 12.1 Å². The summed E-state index contributed by atoms with van der Waals surface area (Å²) in [6, 6.07) is 24.7. The minimum atomic E-state index is -0.270. The molecular weight excluding hydrogens is 693 g/mol. The van der Waals surface area contributed by atoms with Crippen molar-refractivity contribution in [3.8, 4) is 0 Å². The Morgan fingerprint density at radius 3 is 1.57 bits per heavy atom. The summed E-state index contributed by atoms with van der Waals surface area (Å²) < 4.78 is 27.0. The first-order chi connectivity index (χ1) is 21.0. The fourth-order valence-corrected chi connectivity index (χ4v) is 6.87. The predicted molar refractivity (Wildman–Crippen MR) is 179 cm³/mol. The van der Waals surface area contributed by atoms with Crippen LogP contribution in [0, 0.1) is 17.7 Å². The van der Waals surface area contributed by atoms with Crippen LogP contribution in [-0.4, -0.2) is 3.21 Å². The zero-order valence-corrected chi connectivity index (χ0v) is 30.2. The van der Waals surface area contributed by atoms with Crippen molar-refractivity contribution in [3.63, 3.8) is 0 Å². The van der Waals surface area contributed by atoms with Gasteiger partial charge in [-0.1, -0.05) is 75.3 Å². The third-order valence-electron chi connectivity index (χ3n) is 8.60. The number of halogens is 4. The first-order valence-corrected chi connectivity index (χ1v) is 16.2. The van der Waals surface area contributed by atoms with Crippen molar-refractivity contribution in [2.75, 3.05) is 0 Å². The van der Waals surface area contributed by atoms with E-state index >= 15 is 0 Å². The van der Waals surface area contributed by atoms with Crippen LogP contribution in [0.15, 0.2) is 109 Å². The summed E-state index contributed by atoms with van der Waals surface area (Å²) in [5.74, 6) is -0.539. The standard InChI is InChI=1S/C23H21.C13H8F2.C5H5.2ClH.Zr/c1-22(2)7-5-14-10-18-16(12-20(14)22)9-17-13-21-15(11-19(17)18)6-8-23(21,3)4;14-12-5-1-3-10(8-12)7-11-4-2-6-13(15)9-11;1-2-4-5-3-1;;;/h5-13H,1-4H3;1-6,8-9H;1-3H,4H2;2*1H;/q-1;;-1;;;+2/p-2. The van der Waals surface area contributed by atoms with Crippen LogP contribution in [0.25, 0.3) is 33.7 Å². The Bertz CT molecular complexity index is 1900. The zero-order valence-electron chi connectivity index (χ0n) is 26.3. The molecule has 5 aromatic rings. The van der Waals surface area contributed by atoms with E-state index in [4.69, 9.17) is 0 Å². The van der Waals surface area contributed by atoms with Gasteiger partial charge in [-0.25, -0.2) is 12.2 Å². The summed E-state index contributed by atoms with van der Waals surface area (Å²) in [5, 5.41) is 5.53. The summed E-state index contributed by atoms with van der Waals surface area (Å²) in [5.41, 5.74) is 7.59. The molecule has 0 radical (unpaired) electrons. The molecule has 46 heavy (non-hydrogen) atoms. The molecular formula is C41H34Cl2F2Zr-2. The minimum Gasteiger partial charge on any atom is -1.00 e. The Kier molecular flexibility index (Phi) is 11.2. The van der Waals surface area contributed by atoms with Gasteiger partial charge in [0.15, 0.2) is 0 Å². The molecule has 0 bridgehead atoms. The monoisotopic (exact) mass is 724 g/mol. The Morgan fingerprint density at radius 1 is 0.717 bits per heavy atom. The van der Waals surface area contributed by atoms with Gasteiger partial charge < -0.3 is 24.8 Å². The van der Waals surface area contributed by atoms with Crippen LogP contribution >= 0.6 is 0 Å². The molecule has 0 N–H and O–H groups in total. The molecule has 232 valence electrons. The Labute approximate surface area is 298 Å². The Hall–Kier alpha value is -3.10. The van der Waals surface area contributed by atoms with Crippen LogP contribution in [0.1, 0.15) is 67.5 Å². The van der Waals surface area contributed by atoms with E-state index in [0.29, 0.717) is 0 Å². The number of allylic oxidation sites excluding steroid dienone is 6. The maximum atomic E-state index is 13.0. The molecule has 0 saturated carbocycles. The second-order valence-electron chi connectivity index (χ2n) is 12.7. The SMILES string of the molecule is CC1(C)C=Cc2cc3c(cc21)[cH-]c1cc2c(cc13)C=CC2(C)C.Fc1cccc([C](=[Zr+2])c2cccc(F)c2)c1.[C-]1=CC=CC1.[Cl-].[Cl-]. The summed E-state index contributed by atoms with van der Waals surface area (Å²) in [4.78, 5) is 0. The van der Waals surface area contributed by atoms with Crippen molar-refractivity contribution in [1.29, 1.82) is 0 Å². The molecule has 5 aromatic carbocycles. The van der Waals surface area contributed by atoms with Crippen LogP contribution in [0.2, 0.25) is 0 Å². The molecule has 0 spiro atoms. The van der Waals surface area contributed by atoms with Gasteiger partial charge in [-0.15, -0.1) is 46.2 Å². The molecule has 3 aliphatic carbocycles. The number of hydrogen-bond acceptors (Lipinski definition) is 0. The normalized spacial score (nSPS) is 15.3. The van der Waals surface area contributed by atoms with Crippen LogP contribution < -0.4 is 24.8 Å². The van der Waals surface area contributed by atoms with Gasteiger partial charge in [0.1, 0.15) is 0 Å². The van der Waals surface area contributed by atoms with E-state index in [9.17, 15) is 8.78 Å². The maximum absolute atomic E-state index is 13.0. The predicted octanol–water partition coefficient (Wildman–Crippen LogP) is 4.71. The maximum Gasteiger partial charge on any atom is -0.109 e. The molecule has 0 saturated heterocycles. The zero-order chi connectivity index (χ0) is 31.1. The summed E-state index contributed by atoms with van der Waals surface area (Å²) in [6.07, 6.45) is 19.2. The van der Waals surface area contributed by atoms with Crippen LogP contribution in [0.4, 0.5) is 8.78 Å². The molecule has 5 heteroatoms. The van der Waals surface area contributed by atoms with E-state index in [2.05, 4.69) is 94.5 Å². The fraction of sp³-hybridized carbons (Fsp3) is 0.171. The van der Waals surface area contributed by atoms with Crippen molar-refractivity contribution in [2.24, 2.45) is 0 Å². The van der Waals surface area contributed by atoms with Gasteiger partial charge in [0.05, 0.1) is 0 Å². The molecule has 0 unspecified atom stereocenters. The molecule has 0 nitrogen and oxygen atoms in total. The van der Waals surface area contributed by atoms with Crippen LogP contribution in [0.3, 0.4) is 0 Å². The average Bonchev–Trinajstić information content (AvgIpc) is 3.79. The number of hydrogen-bond donors (Lipinski definition) is 0. The molecule has 8 rings (SSSR count). The van der Waals surface area contributed by atoms with Crippen molar-refractivity contribution in [3.05, 3.63) is 160 Å². The molecule has 0 amide bonds. The van der Waals surface area contributed by atoms with Gasteiger partial charge in [-0.3, -0.25) is 6.08 Å². The third-order valence-corrected chi connectivity index (χ3v) is 10.0. The van der Waals surface area contributed by atoms with Crippen molar-refractivity contribution < 1.29 is 57.8 Å². The largest absolute Gasteiger partial charge is 1.00 e. The molecule has 0 aromatic heterocycles. The van der Waals surface area contributed by atoms with E-state index in [1.807, 2.05) is 24.3 Å². The Morgan fingerprint density at radius 2 is 1.20 bits per heavy atom. The molecule has 0 aliphatic heterocycles. The van der Waals surface area contributed by atoms with Gasteiger partial charge in [0.2, 0.25) is 0 Å². The van der Waals surface area contributed by atoms with Crippen molar-refractivity contribution in [2.45, 2.75) is 44.9 Å². The molecule has 3 aliphatic rings. The first kappa shape index (κ1) is 35.8. The van der Waals surface area contributed by atoms with Gasteiger partial charge in [-0.05, 0) is 11.1 Å². The quantitative estimate of drug-likeness (QED) is 0.232. The number of fused-ring (bicyclic) bond motifs is 5. The van der Waals surface area contributed by atoms with Gasteiger partial charge in [0.25, 0.3) is 0 Å². The smallest absolute Gasteiger partial charge is 0.109 e. The fourth-order valence-electron chi connectivity index (χ4n) is 6.10. The van der Waals surface area contributed by atoms with Gasteiger partial charge in [-0.2, -0.15) is 6.08 Å². The van der Waals surface area contributed by atoms with Crippen molar-refractivity contribution >= 4 is 36.9 Å². The molecule has 0 fully saturated rings.